The quantitative estimate of drug-likeness (QED) is 0.261. The molecule has 172 valence electrons. The highest BCUT2D eigenvalue weighted by Gasteiger charge is 2.35. The number of halogens is 3. The Bertz CT molecular complexity index is 1220. The molecule has 0 amide bonds. The summed E-state index contributed by atoms with van der Waals surface area (Å²) in [6.45, 7) is 4.35. The number of fused-ring (bicyclic) bond motifs is 1. The Kier molecular flexibility index (Phi) is 6.67. The Morgan fingerprint density at radius 2 is 1.67 bits per heavy atom. The van der Waals surface area contributed by atoms with E-state index >= 15 is 0 Å². The first-order valence-corrected chi connectivity index (χ1v) is 11.1. The van der Waals surface area contributed by atoms with Gasteiger partial charge in [0.25, 0.3) is 0 Å². The van der Waals surface area contributed by atoms with Crippen molar-refractivity contribution >= 4 is 11.0 Å². The minimum absolute atomic E-state index is 0.0159. The van der Waals surface area contributed by atoms with Crippen molar-refractivity contribution in [2.75, 3.05) is 6.61 Å². The zero-order chi connectivity index (χ0) is 23.4. The molecule has 0 saturated heterocycles. The molecule has 0 aliphatic carbocycles. The molecule has 4 nitrogen and oxygen atoms in total. The average Bonchev–Trinajstić information content (AvgIpc) is 3.15. The van der Waals surface area contributed by atoms with Gasteiger partial charge in [0.05, 0.1) is 34.6 Å². The number of nitrogens with zero attached hydrogens (tertiary/aromatic N) is 3. The van der Waals surface area contributed by atoms with Gasteiger partial charge >= 0.3 is 6.18 Å². The third kappa shape index (κ3) is 5.02. The van der Waals surface area contributed by atoms with Crippen molar-refractivity contribution in [1.82, 2.24) is 14.8 Å². The van der Waals surface area contributed by atoms with Crippen LogP contribution in [0.25, 0.3) is 28.0 Å². The van der Waals surface area contributed by atoms with Crippen molar-refractivity contribution in [2.24, 2.45) is 0 Å². The van der Waals surface area contributed by atoms with Crippen molar-refractivity contribution in [3.63, 3.8) is 0 Å². The third-order valence-corrected chi connectivity index (χ3v) is 5.54. The summed E-state index contributed by atoms with van der Waals surface area (Å²) in [5.74, 6) is 0.692. The molecule has 7 heteroatoms. The van der Waals surface area contributed by atoms with Gasteiger partial charge in [0.1, 0.15) is 5.75 Å². The molecule has 2 aromatic carbocycles. The molecule has 4 rings (SSSR count). The molecule has 0 saturated carbocycles. The lowest BCUT2D eigenvalue weighted by atomic mass is 10.0. The molecule has 0 N–H and O–H groups in total. The molecule has 0 atom stereocenters. The van der Waals surface area contributed by atoms with Crippen molar-refractivity contribution in [3.05, 3.63) is 71.9 Å². The Morgan fingerprint density at radius 1 is 0.939 bits per heavy atom. The van der Waals surface area contributed by atoms with Crippen LogP contribution in [0.2, 0.25) is 0 Å². The lowest BCUT2D eigenvalue weighted by Crippen LogP contribution is -2.08. The van der Waals surface area contributed by atoms with Crippen LogP contribution in [0.1, 0.15) is 43.9 Å². The van der Waals surface area contributed by atoms with Crippen LogP contribution in [0.3, 0.4) is 0 Å². The smallest absolute Gasteiger partial charge is 0.417 e. The largest absolute Gasteiger partial charge is 0.494 e. The summed E-state index contributed by atoms with van der Waals surface area (Å²) < 4.78 is 49.3. The lowest BCUT2D eigenvalue weighted by Gasteiger charge is -2.12. The van der Waals surface area contributed by atoms with E-state index in [0.29, 0.717) is 23.6 Å². The topological polar surface area (TPSA) is 39.9 Å². The zero-order valence-corrected chi connectivity index (χ0v) is 18.7. The van der Waals surface area contributed by atoms with E-state index in [-0.39, 0.29) is 22.4 Å². The fourth-order valence-electron chi connectivity index (χ4n) is 3.85. The van der Waals surface area contributed by atoms with Gasteiger partial charge in [-0.1, -0.05) is 44.4 Å². The second-order valence-corrected chi connectivity index (χ2v) is 8.02. The Hall–Kier alpha value is -3.35. The maximum absolute atomic E-state index is 14.0. The minimum Gasteiger partial charge on any atom is -0.494 e. The number of hydrogen-bond acceptors (Lipinski definition) is 3. The monoisotopic (exact) mass is 453 g/mol. The summed E-state index contributed by atoms with van der Waals surface area (Å²) in [4.78, 5) is 4.60. The van der Waals surface area contributed by atoms with Crippen LogP contribution in [-0.2, 0) is 6.18 Å². The maximum Gasteiger partial charge on any atom is 0.417 e. The summed E-state index contributed by atoms with van der Waals surface area (Å²) in [6, 6.07) is 17.2. The Balaban J connectivity index is 1.72. The SMILES string of the molecule is CCCCCCOc1ccc(-c2cc(C(F)(F)F)c3c(C)nn(-c4ccccc4)c3n2)cc1. The molecule has 0 aliphatic heterocycles. The molecule has 0 unspecified atom stereocenters. The van der Waals surface area contributed by atoms with Crippen LogP contribution < -0.4 is 4.74 Å². The number of ether oxygens (including phenoxy) is 1. The predicted octanol–water partition coefficient (Wildman–Crippen LogP) is 7.37. The second kappa shape index (κ2) is 9.65. The van der Waals surface area contributed by atoms with Gasteiger partial charge in [0.2, 0.25) is 0 Å². The molecule has 0 fully saturated rings. The molecule has 0 bridgehead atoms. The summed E-state index contributed by atoms with van der Waals surface area (Å²) in [7, 11) is 0. The number of benzene rings is 2. The summed E-state index contributed by atoms with van der Waals surface area (Å²) in [5.41, 5.74) is 1.20. The first-order valence-electron chi connectivity index (χ1n) is 11.1. The predicted molar refractivity (Wildman–Crippen MR) is 124 cm³/mol. The number of hydrogen-bond donors (Lipinski definition) is 0. The zero-order valence-electron chi connectivity index (χ0n) is 18.7. The minimum atomic E-state index is -4.53. The number of aryl methyl sites for hydroxylation is 1. The van der Waals surface area contributed by atoms with Gasteiger partial charge in [-0.05, 0) is 55.8 Å². The first kappa shape index (κ1) is 22.8. The van der Waals surface area contributed by atoms with E-state index in [1.54, 1.807) is 43.3 Å². The molecule has 4 aromatic rings. The maximum atomic E-state index is 14.0. The highest BCUT2D eigenvalue weighted by molar-refractivity contribution is 5.87. The number of pyridine rings is 1. The Morgan fingerprint density at radius 3 is 2.33 bits per heavy atom. The van der Waals surface area contributed by atoms with Crippen LogP contribution in [-0.4, -0.2) is 21.4 Å². The van der Waals surface area contributed by atoms with Gasteiger partial charge in [-0.25, -0.2) is 9.67 Å². The van der Waals surface area contributed by atoms with Crippen LogP contribution in [0.5, 0.6) is 5.75 Å². The van der Waals surface area contributed by atoms with E-state index in [9.17, 15) is 13.2 Å². The highest BCUT2D eigenvalue weighted by Crippen LogP contribution is 2.38. The number of unbranched alkanes of at least 4 members (excludes halogenated alkanes) is 3. The van der Waals surface area contributed by atoms with E-state index in [0.717, 1.165) is 25.3 Å². The number of para-hydroxylation sites is 1. The summed E-state index contributed by atoms with van der Waals surface area (Å²) in [6.07, 6.45) is -0.0999. The van der Waals surface area contributed by atoms with Gasteiger partial charge in [0, 0.05) is 5.56 Å². The molecular formula is C26H26F3N3O. The van der Waals surface area contributed by atoms with Gasteiger partial charge in [-0.3, -0.25) is 0 Å². The van der Waals surface area contributed by atoms with Gasteiger partial charge < -0.3 is 4.74 Å². The molecule has 2 heterocycles. The number of alkyl halides is 3. The van der Waals surface area contributed by atoms with Crippen molar-refractivity contribution in [3.8, 4) is 22.7 Å². The third-order valence-electron chi connectivity index (χ3n) is 5.54. The molecule has 2 aromatic heterocycles. The molecule has 0 radical (unpaired) electrons. The van der Waals surface area contributed by atoms with Crippen LogP contribution in [0.4, 0.5) is 13.2 Å². The lowest BCUT2D eigenvalue weighted by molar-refractivity contribution is -0.136. The number of aromatic nitrogens is 3. The standard InChI is InChI=1S/C26H26F3N3O/c1-3-4-5-9-16-33-21-14-12-19(13-15-21)23-17-22(26(27,28)29)24-18(2)31-32(25(24)30-23)20-10-7-6-8-11-20/h6-8,10-15,17H,3-5,9,16H2,1-2H3. The number of rotatable bonds is 8. The van der Waals surface area contributed by atoms with Crippen molar-refractivity contribution < 1.29 is 17.9 Å². The normalized spacial score (nSPS) is 11.8. The molecular weight excluding hydrogens is 427 g/mol. The van der Waals surface area contributed by atoms with Crippen LogP contribution in [0, 0.1) is 6.92 Å². The Labute approximate surface area is 191 Å². The van der Waals surface area contributed by atoms with E-state index in [1.165, 1.54) is 11.1 Å². The molecule has 0 aliphatic rings. The summed E-state index contributed by atoms with van der Waals surface area (Å²) in [5, 5.41) is 4.39. The van der Waals surface area contributed by atoms with Gasteiger partial charge in [-0.15, -0.1) is 0 Å². The van der Waals surface area contributed by atoms with E-state index in [4.69, 9.17) is 4.74 Å². The van der Waals surface area contributed by atoms with Crippen LogP contribution >= 0.6 is 0 Å². The van der Waals surface area contributed by atoms with Gasteiger partial charge in [0.15, 0.2) is 5.65 Å². The van der Waals surface area contributed by atoms with E-state index < -0.39 is 11.7 Å². The van der Waals surface area contributed by atoms with E-state index in [2.05, 4.69) is 17.0 Å². The molecule has 33 heavy (non-hydrogen) atoms. The van der Waals surface area contributed by atoms with Crippen molar-refractivity contribution in [2.45, 2.75) is 45.7 Å². The highest BCUT2D eigenvalue weighted by atomic mass is 19.4. The second-order valence-electron chi connectivity index (χ2n) is 8.02. The first-order chi connectivity index (χ1) is 15.9. The fraction of sp³-hybridized carbons (Fsp3) is 0.308. The molecule has 0 spiro atoms. The van der Waals surface area contributed by atoms with Crippen molar-refractivity contribution in [1.29, 1.82) is 0 Å². The van der Waals surface area contributed by atoms with E-state index in [1.807, 2.05) is 18.2 Å². The fourth-order valence-corrected chi connectivity index (χ4v) is 3.85. The average molecular weight is 454 g/mol. The van der Waals surface area contributed by atoms with Crippen LogP contribution in [0.15, 0.2) is 60.7 Å². The summed E-state index contributed by atoms with van der Waals surface area (Å²) >= 11 is 0. The van der Waals surface area contributed by atoms with Gasteiger partial charge in [-0.2, -0.15) is 18.3 Å².